The van der Waals surface area contributed by atoms with Crippen molar-refractivity contribution in [1.29, 1.82) is 0 Å². The molecule has 0 heterocycles. The van der Waals surface area contributed by atoms with E-state index in [4.69, 9.17) is 16.3 Å². The van der Waals surface area contributed by atoms with Gasteiger partial charge in [0.15, 0.2) is 0 Å². The summed E-state index contributed by atoms with van der Waals surface area (Å²) < 4.78 is 34.4. The molecule has 0 fully saturated rings. The Balaban J connectivity index is 2.04. The van der Waals surface area contributed by atoms with Gasteiger partial charge in [0.25, 0.3) is 10.0 Å². The van der Waals surface area contributed by atoms with Crippen molar-refractivity contribution in [2.45, 2.75) is 45.2 Å². The number of sulfonamides is 1. The number of halogens is 1. The van der Waals surface area contributed by atoms with E-state index in [1.54, 1.807) is 67.6 Å². The van der Waals surface area contributed by atoms with E-state index >= 15 is 0 Å². The fraction of sp³-hybridized carbons (Fsp3) is 0.333. The van der Waals surface area contributed by atoms with Gasteiger partial charge in [-0.25, -0.2) is 8.42 Å². The molecule has 3 rings (SSSR count). The van der Waals surface area contributed by atoms with Crippen LogP contribution in [0, 0.1) is 12.8 Å². The third-order valence-electron chi connectivity index (χ3n) is 6.36. The lowest BCUT2D eigenvalue weighted by Crippen LogP contribution is -2.51. The van der Waals surface area contributed by atoms with Gasteiger partial charge in [0, 0.05) is 18.1 Å². The van der Waals surface area contributed by atoms with Gasteiger partial charge in [0.1, 0.15) is 18.3 Å². The summed E-state index contributed by atoms with van der Waals surface area (Å²) in [6.45, 7) is 7.42. The number of rotatable bonds is 12. The molecule has 40 heavy (non-hydrogen) atoms. The predicted molar refractivity (Wildman–Crippen MR) is 158 cm³/mol. The monoisotopic (exact) mass is 585 g/mol. The van der Waals surface area contributed by atoms with Gasteiger partial charge in [0.05, 0.1) is 17.7 Å². The lowest BCUT2D eigenvalue weighted by molar-refractivity contribution is -0.139. The molecule has 0 saturated heterocycles. The van der Waals surface area contributed by atoms with Crippen molar-refractivity contribution in [2.75, 3.05) is 24.5 Å². The number of para-hydroxylation sites is 2. The molecule has 0 aliphatic carbocycles. The minimum absolute atomic E-state index is 0.0313. The van der Waals surface area contributed by atoms with E-state index in [1.165, 1.54) is 24.1 Å². The van der Waals surface area contributed by atoms with Gasteiger partial charge in [-0.15, -0.1) is 0 Å². The molecule has 214 valence electrons. The number of nitrogens with zero attached hydrogens (tertiary/aromatic N) is 2. The standard InChI is InChI=1S/C30H36ClN3O5S/c1-21(2)18-32-30(36)23(4)33(19-24-12-14-25(31)15-13-24)29(35)20-34(27-8-6-7-9-28(27)39-5)40(37,38)26-16-10-22(3)11-17-26/h6-17,21,23H,18-20H2,1-5H3,(H,32,36). The zero-order valence-corrected chi connectivity index (χ0v) is 25.0. The highest BCUT2D eigenvalue weighted by Crippen LogP contribution is 2.32. The van der Waals surface area contributed by atoms with Crippen molar-refractivity contribution >= 4 is 39.1 Å². The maximum Gasteiger partial charge on any atom is 0.264 e. The minimum Gasteiger partial charge on any atom is -0.495 e. The largest absolute Gasteiger partial charge is 0.495 e. The topological polar surface area (TPSA) is 96.0 Å². The predicted octanol–water partition coefficient (Wildman–Crippen LogP) is 5.04. The molecule has 1 unspecified atom stereocenters. The molecular weight excluding hydrogens is 550 g/mol. The molecule has 3 aromatic carbocycles. The molecule has 8 nitrogen and oxygen atoms in total. The summed E-state index contributed by atoms with van der Waals surface area (Å²) in [4.78, 5) is 28.5. The maximum atomic E-state index is 14.0. The molecule has 0 aromatic heterocycles. The molecule has 1 N–H and O–H groups in total. The lowest BCUT2D eigenvalue weighted by Gasteiger charge is -2.32. The van der Waals surface area contributed by atoms with Crippen LogP contribution in [0.15, 0.2) is 77.7 Å². The summed E-state index contributed by atoms with van der Waals surface area (Å²) in [5, 5.41) is 3.41. The van der Waals surface area contributed by atoms with Crippen molar-refractivity contribution in [3.63, 3.8) is 0 Å². The Hall–Kier alpha value is -3.56. The molecule has 0 aliphatic rings. The highest BCUT2D eigenvalue weighted by atomic mass is 35.5. The number of aryl methyl sites for hydroxylation is 1. The summed E-state index contributed by atoms with van der Waals surface area (Å²) >= 11 is 6.05. The highest BCUT2D eigenvalue weighted by Gasteiger charge is 2.33. The molecule has 10 heteroatoms. The maximum absolute atomic E-state index is 14.0. The van der Waals surface area contributed by atoms with Crippen molar-refractivity contribution in [2.24, 2.45) is 5.92 Å². The number of hydrogen-bond donors (Lipinski definition) is 1. The molecule has 0 aliphatic heterocycles. The Labute approximate surface area is 241 Å². The number of amides is 2. The van der Waals surface area contributed by atoms with Crippen LogP contribution in [0.1, 0.15) is 31.9 Å². The number of carbonyl (C=O) groups excluding carboxylic acids is 2. The zero-order valence-electron chi connectivity index (χ0n) is 23.4. The van der Waals surface area contributed by atoms with Gasteiger partial charge in [-0.3, -0.25) is 13.9 Å². The molecule has 2 amide bonds. The second-order valence-corrected chi connectivity index (χ2v) is 12.3. The second kappa shape index (κ2) is 13.7. The van der Waals surface area contributed by atoms with Crippen LogP contribution in [-0.2, 0) is 26.2 Å². The van der Waals surface area contributed by atoms with Crippen molar-refractivity contribution < 1.29 is 22.7 Å². The van der Waals surface area contributed by atoms with E-state index in [0.717, 1.165) is 15.4 Å². The van der Waals surface area contributed by atoms with Gasteiger partial charge >= 0.3 is 0 Å². The summed E-state index contributed by atoms with van der Waals surface area (Å²) in [7, 11) is -2.75. The Morgan fingerprint density at radius 1 is 0.950 bits per heavy atom. The van der Waals surface area contributed by atoms with Crippen LogP contribution in [0.5, 0.6) is 5.75 Å². The summed E-state index contributed by atoms with van der Waals surface area (Å²) in [5.41, 5.74) is 1.85. The zero-order chi connectivity index (χ0) is 29.4. The van der Waals surface area contributed by atoms with Gasteiger partial charge < -0.3 is 15.0 Å². The van der Waals surface area contributed by atoms with Crippen LogP contribution in [0.2, 0.25) is 5.02 Å². The van der Waals surface area contributed by atoms with Crippen molar-refractivity contribution in [3.05, 3.63) is 88.9 Å². The molecule has 0 spiro atoms. The Kier molecular flexibility index (Phi) is 10.6. The molecule has 3 aromatic rings. The van der Waals surface area contributed by atoms with Crippen LogP contribution in [0.25, 0.3) is 0 Å². The number of methoxy groups -OCH3 is 1. The van der Waals surface area contributed by atoms with Gasteiger partial charge in [-0.1, -0.05) is 67.4 Å². The fourth-order valence-electron chi connectivity index (χ4n) is 4.01. The first kappa shape index (κ1) is 31.0. The normalized spacial score (nSPS) is 12.1. The van der Waals surface area contributed by atoms with E-state index < -0.39 is 28.5 Å². The number of nitrogens with one attached hydrogen (secondary N) is 1. The first-order chi connectivity index (χ1) is 18.9. The Morgan fingerprint density at radius 2 is 1.57 bits per heavy atom. The van der Waals surface area contributed by atoms with Crippen LogP contribution in [-0.4, -0.2) is 51.4 Å². The van der Waals surface area contributed by atoms with Gasteiger partial charge in [-0.05, 0) is 61.7 Å². The number of ether oxygens (including phenoxy) is 1. The summed E-state index contributed by atoms with van der Waals surface area (Å²) in [6.07, 6.45) is 0. The highest BCUT2D eigenvalue weighted by molar-refractivity contribution is 7.92. The summed E-state index contributed by atoms with van der Waals surface area (Å²) in [5.74, 6) is -0.375. The van der Waals surface area contributed by atoms with Crippen LogP contribution >= 0.6 is 11.6 Å². The minimum atomic E-state index is -4.19. The van der Waals surface area contributed by atoms with E-state index in [1.807, 2.05) is 20.8 Å². The smallest absolute Gasteiger partial charge is 0.264 e. The molecule has 0 saturated carbocycles. The molecular formula is C30H36ClN3O5S. The van der Waals surface area contributed by atoms with Crippen molar-refractivity contribution in [3.8, 4) is 5.75 Å². The fourth-order valence-corrected chi connectivity index (χ4v) is 5.56. The Bertz CT molecular complexity index is 1410. The SMILES string of the molecule is COc1ccccc1N(CC(=O)N(Cc1ccc(Cl)cc1)C(C)C(=O)NCC(C)C)S(=O)(=O)c1ccc(C)cc1. The van der Waals surface area contributed by atoms with E-state index in [2.05, 4.69) is 5.32 Å². The van der Waals surface area contributed by atoms with E-state index in [9.17, 15) is 18.0 Å². The summed E-state index contributed by atoms with van der Waals surface area (Å²) in [6, 6.07) is 19.1. The second-order valence-electron chi connectivity index (χ2n) is 9.96. The molecule has 1 atom stereocenters. The van der Waals surface area contributed by atoms with Crippen LogP contribution < -0.4 is 14.4 Å². The van der Waals surface area contributed by atoms with E-state index in [-0.39, 0.29) is 34.7 Å². The average molecular weight is 586 g/mol. The first-order valence-corrected chi connectivity index (χ1v) is 14.8. The quantitative estimate of drug-likeness (QED) is 0.321. The third kappa shape index (κ3) is 7.76. The first-order valence-electron chi connectivity index (χ1n) is 13.0. The lowest BCUT2D eigenvalue weighted by atomic mass is 10.1. The van der Waals surface area contributed by atoms with Crippen LogP contribution in [0.3, 0.4) is 0 Å². The number of anilines is 1. The van der Waals surface area contributed by atoms with Crippen LogP contribution in [0.4, 0.5) is 5.69 Å². The third-order valence-corrected chi connectivity index (χ3v) is 8.39. The average Bonchev–Trinajstić information content (AvgIpc) is 2.93. The van der Waals surface area contributed by atoms with E-state index in [0.29, 0.717) is 11.6 Å². The Morgan fingerprint density at radius 3 is 2.17 bits per heavy atom. The molecule has 0 bridgehead atoms. The number of benzene rings is 3. The van der Waals surface area contributed by atoms with Gasteiger partial charge in [-0.2, -0.15) is 0 Å². The van der Waals surface area contributed by atoms with Crippen molar-refractivity contribution in [1.82, 2.24) is 10.2 Å². The van der Waals surface area contributed by atoms with Gasteiger partial charge in [0.2, 0.25) is 11.8 Å². The molecule has 0 radical (unpaired) electrons. The number of carbonyl (C=O) groups is 2. The number of hydrogen-bond acceptors (Lipinski definition) is 5.